The zero-order valence-corrected chi connectivity index (χ0v) is 12.9. The van der Waals surface area contributed by atoms with Crippen LogP contribution in [0.15, 0.2) is 22.7 Å². The van der Waals surface area contributed by atoms with Crippen LogP contribution >= 0.6 is 15.9 Å². The molecule has 0 saturated carbocycles. The molecule has 1 heterocycles. The van der Waals surface area contributed by atoms with Gasteiger partial charge in [-0.1, -0.05) is 29.8 Å². The van der Waals surface area contributed by atoms with Crippen LogP contribution in [0.5, 0.6) is 0 Å². The van der Waals surface area contributed by atoms with E-state index in [0.717, 1.165) is 24.0 Å². The first-order valence-corrected chi connectivity index (χ1v) is 7.46. The number of hydrogen-bond donors (Lipinski definition) is 0. The van der Waals surface area contributed by atoms with Crippen molar-refractivity contribution >= 4 is 21.8 Å². The molecule has 0 radical (unpaired) electrons. The first-order valence-electron chi connectivity index (χ1n) is 6.67. The van der Waals surface area contributed by atoms with E-state index in [-0.39, 0.29) is 18.1 Å². The fourth-order valence-corrected chi connectivity index (χ4v) is 3.23. The first kappa shape index (κ1) is 14.5. The molecule has 1 aromatic carbocycles. The maximum absolute atomic E-state index is 13.7. The minimum absolute atomic E-state index is 0.0235. The van der Waals surface area contributed by atoms with Gasteiger partial charge < -0.3 is 4.90 Å². The fraction of sp³-hybridized carbons (Fsp3) is 0.533. The van der Waals surface area contributed by atoms with Gasteiger partial charge in [0.15, 0.2) is 0 Å². The Morgan fingerprint density at radius 1 is 1.37 bits per heavy atom. The van der Waals surface area contributed by atoms with Crippen LogP contribution in [0.1, 0.15) is 25.8 Å². The molecule has 1 amide bonds. The molecule has 1 saturated heterocycles. The van der Waals surface area contributed by atoms with Crippen LogP contribution in [0.2, 0.25) is 0 Å². The summed E-state index contributed by atoms with van der Waals surface area (Å²) in [6.07, 6.45) is 1.31. The number of likely N-dealkylation sites (tertiary alicyclic amines) is 1. The molecule has 0 aromatic heterocycles. The second kappa shape index (κ2) is 6.04. The second-order valence-electron chi connectivity index (χ2n) is 5.66. The van der Waals surface area contributed by atoms with Crippen LogP contribution < -0.4 is 0 Å². The molecular weight excluding hydrogens is 309 g/mol. The van der Waals surface area contributed by atoms with Crippen molar-refractivity contribution < 1.29 is 9.18 Å². The predicted octanol–water partition coefficient (Wildman–Crippen LogP) is 3.64. The molecule has 0 N–H and O–H groups in total. The molecule has 2 nitrogen and oxygen atoms in total. The van der Waals surface area contributed by atoms with Gasteiger partial charge in [-0.05, 0) is 42.0 Å². The summed E-state index contributed by atoms with van der Waals surface area (Å²) in [5.41, 5.74) is 0.463. The quantitative estimate of drug-likeness (QED) is 0.812. The van der Waals surface area contributed by atoms with Crippen molar-refractivity contribution in [1.29, 1.82) is 0 Å². The monoisotopic (exact) mass is 327 g/mol. The van der Waals surface area contributed by atoms with Crippen LogP contribution in [-0.2, 0) is 11.2 Å². The normalized spacial score (nSPS) is 23.5. The number of benzene rings is 1. The Morgan fingerprint density at radius 3 is 2.63 bits per heavy atom. The van der Waals surface area contributed by atoms with Crippen LogP contribution in [0.25, 0.3) is 0 Å². The molecule has 0 aliphatic carbocycles. The molecule has 2 atom stereocenters. The van der Waals surface area contributed by atoms with Gasteiger partial charge in [0.25, 0.3) is 0 Å². The van der Waals surface area contributed by atoms with Crippen LogP contribution in [0.4, 0.5) is 4.39 Å². The third kappa shape index (κ3) is 3.78. The first-order chi connectivity index (χ1) is 8.95. The summed E-state index contributed by atoms with van der Waals surface area (Å²) in [5, 5.41) is 0. The van der Waals surface area contributed by atoms with Crippen molar-refractivity contribution in [3.05, 3.63) is 34.1 Å². The van der Waals surface area contributed by atoms with Crippen LogP contribution in [-0.4, -0.2) is 23.9 Å². The Hall–Kier alpha value is -0.900. The minimum atomic E-state index is -0.311. The molecule has 1 aliphatic rings. The summed E-state index contributed by atoms with van der Waals surface area (Å²) in [4.78, 5) is 14.1. The Labute approximate surface area is 122 Å². The lowest BCUT2D eigenvalue weighted by Gasteiger charge is -2.35. The molecule has 1 aromatic rings. The van der Waals surface area contributed by atoms with Crippen molar-refractivity contribution in [2.24, 2.45) is 11.8 Å². The van der Waals surface area contributed by atoms with E-state index < -0.39 is 0 Å². The van der Waals surface area contributed by atoms with Gasteiger partial charge in [0.2, 0.25) is 5.91 Å². The number of halogens is 2. The van der Waals surface area contributed by atoms with Gasteiger partial charge in [-0.15, -0.1) is 0 Å². The largest absolute Gasteiger partial charge is 0.342 e. The molecular formula is C15H19BrFNO. The number of piperidine rings is 1. The van der Waals surface area contributed by atoms with Crippen molar-refractivity contribution in [2.75, 3.05) is 13.1 Å². The number of rotatable bonds is 2. The Balaban J connectivity index is 2.06. The average Bonchev–Trinajstić information content (AvgIpc) is 2.32. The molecule has 4 heteroatoms. The van der Waals surface area contributed by atoms with E-state index in [1.165, 1.54) is 6.07 Å². The van der Waals surface area contributed by atoms with Gasteiger partial charge in [-0.2, -0.15) is 0 Å². The number of amides is 1. The van der Waals surface area contributed by atoms with Gasteiger partial charge >= 0.3 is 0 Å². The Kier molecular flexibility index (Phi) is 4.61. The third-order valence-electron chi connectivity index (χ3n) is 3.57. The molecule has 0 bridgehead atoms. The lowest BCUT2D eigenvalue weighted by molar-refractivity contribution is -0.133. The van der Waals surface area contributed by atoms with Crippen LogP contribution in [0, 0.1) is 17.7 Å². The summed E-state index contributed by atoms with van der Waals surface area (Å²) >= 11 is 3.31. The lowest BCUT2D eigenvalue weighted by atomic mass is 9.91. The van der Waals surface area contributed by atoms with E-state index in [2.05, 4.69) is 29.8 Å². The van der Waals surface area contributed by atoms with Gasteiger partial charge in [-0.25, -0.2) is 4.39 Å². The van der Waals surface area contributed by atoms with Crippen LogP contribution in [0.3, 0.4) is 0 Å². The maximum Gasteiger partial charge on any atom is 0.227 e. The van der Waals surface area contributed by atoms with Crippen molar-refractivity contribution in [2.45, 2.75) is 26.7 Å². The SMILES string of the molecule is CC1CC(C)CN(C(=O)Cc2cc(Br)ccc2F)C1. The number of hydrogen-bond acceptors (Lipinski definition) is 1. The summed E-state index contributed by atoms with van der Waals surface area (Å²) in [6.45, 7) is 5.91. The predicted molar refractivity (Wildman–Crippen MR) is 77.3 cm³/mol. The van der Waals surface area contributed by atoms with E-state index >= 15 is 0 Å². The molecule has 1 fully saturated rings. The lowest BCUT2D eigenvalue weighted by Crippen LogP contribution is -2.43. The minimum Gasteiger partial charge on any atom is -0.342 e. The summed E-state index contributed by atoms with van der Waals surface area (Å²) in [7, 11) is 0. The van der Waals surface area contributed by atoms with Gasteiger partial charge in [0, 0.05) is 17.6 Å². The number of carbonyl (C=O) groups excluding carboxylic acids is 1. The molecule has 2 rings (SSSR count). The van der Waals surface area contributed by atoms with E-state index in [4.69, 9.17) is 0 Å². The highest BCUT2D eigenvalue weighted by Crippen LogP contribution is 2.22. The Bertz CT molecular complexity index is 467. The van der Waals surface area contributed by atoms with Gasteiger partial charge in [0.05, 0.1) is 6.42 Å². The van der Waals surface area contributed by atoms with E-state index in [9.17, 15) is 9.18 Å². The van der Waals surface area contributed by atoms with Crippen molar-refractivity contribution in [3.8, 4) is 0 Å². The summed E-state index contributed by atoms with van der Waals surface area (Å²) in [5.74, 6) is 0.769. The second-order valence-corrected chi connectivity index (χ2v) is 6.57. The molecule has 1 aliphatic heterocycles. The maximum atomic E-state index is 13.7. The molecule has 104 valence electrons. The fourth-order valence-electron chi connectivity index (χ4n) is 2.82. The Morgan fingerprint density at radius 2 is 2.00 bits per heavy atom. The van der Waals surface area contributed by atoms with Gasteiger partial charge in [0.1, 0.15) is 5.82 Å². The smallest absolute Gasteiger partial charge is 0.227 e. The topological polar surface area (TPSA) is 20.3 Å². The molecule has 0 spiro atoms. The third-order valence-corrected chi connectivity index (χ3v) is 4.06. The summed E-state index contributed by atoms with van der Waals surface area (Å²) in [6, 6.07) is 4.73. The van der Waals surface area contributed by atoms with Crippen molar-refractivity contribution in [1.82, 2.24) is 4.90 Å². The highest BCUT2D eigenvalue weighted by molar-refractivity contribution is 9.10. The number of nitrogens with zero attached hydrogens (tertiary/aromatic N) is 1. The van der Waals surface area contributed by atoms with Gasteiger partial charge in [-0.3, -0.25) is 4.79 Å². The highest BCUT2D eigenvalue weighted by atomic mass is 79.9. The number of carbonyl (C=O) groups is 1. The summed E-state index contributed by atoms with van der Waals surface area (Å²) < 4.78 is 14.5. The molecule has 19 heavy (non-hydrogen) atoms. The average molecular weight is 328 g/mol. The van der Waals surface area contributed by atoms with Crippen molar-refractivity contribution in [3.63, 3.8) is 0 Å². The highest BCUT2D eigenvalue weighted by Gasteiger charge is 2.25. The molecule has 2 unspecified atom stereocenters. The zero-order chi connectivity index (χ0) is 14.0. The van der Waals surface area contributed by atoms with E-state index in [1.807, 2.05) is 4.90 Å². The van der Waals surface area contributed by atoms with E-state index in [0.29, 0.717) is 17.4 Å². The standard InChI is InChI=1S/C15H19BrFNO/c1-10-5-11(2)9-18(8-10)15(19)7-12-6-13(16)3-4-14(12)17/h3-4,6,10-11H,5,7-9H2,1-2H3. The van der Waals surface area contributed by atoms with E-state index in [1.54, 1.807) is 12.1 Å². The zero-order valence-electron chi connectivity index (χ0n) is 11.3.